The highest BCUT2D eigenvalue weighted by molar-refractivity contribution is 5.82. The molecule has 0 atom stereocenters. The molecule has 3 heterocycles. The Labute approximate surface area is 164 Å². The molecule has 1 fully saturated rings. The molecule has 0 bridgehead atoms. The van der Waals surface area contributed by atoms with Crippen LogP contribution < -0.4 is 5.32 Å². The van der Waals surface area contributed by atoms with Crippen LogP contribution in [0.5, 0.6) is 0 Å². The Morgan fingerprint density at radius 2 is 1.71 bits per heavy atom. The second-order valence-electron chi connectivity index (χ2n) is 7.54. The molecule has 1 aliphatic heterocycles. The molecule has 0 amide bonds. The highest BCUT2D eigenvalue weighted by Gasteiger charge is 2.21. The van der Waals surface area contributed by atoms with Gasteiger partial charge in [-0.1, -0.05) is 42.5 Å². The molecule has 5 rings (SSSR count). The topological polar surface area (TPSA) is 58.4 Å². The molecule has 2 aromatic carbocycles. The minimum atomic E-state index is 0.404. The number of aryl methyl sites for hydroxylation is 1. The molecule has 0 aliphatic carbocycles. The number of fused-ring (bicyclic) bond motifs is 3. The van der Waals surface area contributed by atoms with Gasteiger partial charge in [-0.05, 0) is 37.5 Å². The summed E-state index contributed by atoms with van der Waals surface area (Å²) < 4.78 is 2.09. The van der Waals surface area contributed by atoms with E-state index < -0.39 is 0 Å². The maximum Gasteiger partial charge on any atom is 0.204 e. The maximum atomic E-state index is 4.85. The first kappa shape index (κ1) is 17.1. The Morgan fingerprint density at radius 1 is 0.964 bits per heavy atom. The highest BCUT2D eigenvalue weighted by Crippen LogP contribution is 2.24. The van der Waals surface area contributed by atoms with E-state index in [1.807, 2.05) is 25.1 Å². The van der Waals surface area contributed by atoms with Crippen molar-refractivity contribution in [1.29, 1.82) is 0 Å². The van der Waals surface area contributed by atoms with Crippen molar-refractivity contribution in [3.05, 3.63) is 66.0 Å². The molecule has 1 saturated heterocycles. The van der Waals surface area contributed by atoms with Gasteiger partial charge in [0, 0.05) is 25.7 Å². The van der Waals surface area contributed by atoms with E-state index in [1.165, 1.54) is 5.56 Å². The smallest absolute Gasteiger partial charge is 0.204 e. The van der Waals surface area contributed by atoms with Crippen molar-refractivity contribution in [2.75, 3.05) is 18.4 Å². The van der Waals surface area contributed by atoms with Crippen molar-refractivity contribution < 1.29 is 0 Å². The second kappa shape index (κ2) is 7.20. The van der Waals surface area contributed by atoms with Crippen LogP contribution in [0.1, 0.15) is 24.2 Å². The van der Waals surface area contributed by atoms with Crippen LogP contribution >= 0.6 is 0 Å². The van der Waals surface area contributed by atoms with Crippen molar-refractivity contribution in [2.45, 2.75) is 32.4 Å². The number of hydrogen-bond donors (Lipinski definition) is 1. The molecule has 0 unspecified atom stereocenters. The number of para-hydroxylation sites is 2. The Morgan fingerprint density at radius 3 is 2.54 bits per heavy atom. The molecular formula is C22H24N6. The zero-order chi connectivity index (χ0) is 18.9. The van der Waals surface area contributed by atoms with Crippen LogP contribution in [0.4, 0.5) is 5.82 Å². The first-order valence-corrected chi connectivity index (χ1v) is 9.91. The van der Waals surface area contributed by atoms with E-state index in [4.69, 9.17) is 4.98 Å². The quantitative estimate of drug-likeness (QED) is 0.592. The van der Waals surface area contributed by atoms with Crippen LogP contribution in [-0.2, 0) is 6.54 Å². The van der Waals surface area contributed by atoms with Gasteiger partial charge in [-0.25, -0.2) is 4.98 Å². The summed E-state index contributed by atoms with van der Waals surface area (Å²) in [5, 5.41) is 12.3. The molecule has 1 aliphatic rings. The van der Waals surface area contributed by atoms with Gasteiger partial charge in [0.05, 0.1) is 11.0 Å². The lowest BCUT2D eigenvalue weighted by Crippen LogP contribution is -2.38. The molecule has 1 N–H and O–H groups in total. The van der Waals surface area contributed by atoms with E-state index in [-0.39, 0.29) is 0 Å². The largest absolute Gasteiger partial charge is 0.364 e. The Balaban J connectivity index is 1.33. The van der Waals surface area contributed by atoms with Crippen LogP contribution in [0, 0.1) is 6.92 Å². The number of likely N-dealkylation sites (tertiary alicyclic amines) is 1. The zero-order valence-corrected chi connectivity index (χ0v) is 16.0. The van der Waals surface area contributed by atoms with Gasteiger partial charge >= 0.3 is 0 Å². The monoisotopic (exact) mass is 372 g/mol. The lowest BCUT2D eigenvalue weighted by molar-refractivity contribution is 0.211. The van der Waals surface area contributed by atoms with Crippen LogP contribution in [-0.4, -0.2) is 43.6 Å². The second-order valence-corrected chi connectivity index (χ2v) is 7.54. The third-order valence-corrected chi connectivity index (χ3v) is 5.57. The van der Waals surface area contributed by atoms with E-state index in [9.17, 15) is 0 Å². The average Bonchev–Trinajstić information content (AvgIpc) is 3.13. The molecule has 0 radical (unpaired) electrons. The predicted octanol–water partition coefficient (Wildman–Crippen LogP) is 3.66. The summed E-state index contributed by atoms with van der Waals surface area (Å²) in [6, 6.07) is 19.3. The van der Waals surface area contributed by atoms with Gasteiger partial charge in [-0.15, -0.1) is 10.2 Å². The summed E-state index contributed by atoms with van der Waals surface area (Å²) in [6.45, 7) is 5.18. The Hall–Kier alpha value is -2.99. The van der Waals surface area contributed by atoms with Crippen molar-refractivity contribution >= 4 is 22.5 Å². The molecular weight excluding hydrogens is 348 g/mol. The van der Waals surface area contributed by atoms with Gasteiger partial charge in [0.1, 0.15) is 5.82 Å². The molecule has 6 nitrogen and oxygen atoms in total. The Kier molecular flexibility index (Phi) is 4.41. The van der Waals surface area contributed by atoms with Crippen molar-refractivity contribution in [2.24, 2.45) is 0 Å². The lowest BCUT2D eigenvalue weighted by Gasteiger charge is -2.32. The van der Waals surface area contributed by atoms with Crippen LogP contribution in [0.15, 0.2) is 54.6 Å². The number of anilines is 1. The molecule has 6 heteroatoms. The highest BCUT2D eigenvalue weighted by atomic mass is 15.3. The summed E-state index contributed by atoms with van der Waals surface area (Å²) >= 11 is 0. The van der Waals surface area contributed by atoms with Gasteiger partial charge in [0.15, 0.2) is 5.82 Å². The Bertz CT molecular complexity index is 1100. The standard InChI is InChI=1S/C22H24N6/c1-16-25-26-22-21(24-19-9-5-6-10-20(19)28(16)22)23-18-11-13-27(14-12-18)15-17-7-3-2-4-8-17/h2-10,18H,11-15H2,1H3,(H,23,24). The summed E-state index contributed by atoms with van der Waals surface area (Å²) in [5.74, 6) is 1.72. The molecule has 2 aromatic heterocycles. The van der Waals surface area contributed by atoms with Crippen LogP contribution in [0.3, 0.4) is 0 Å². The molecule has 0 saturated carbocycles. The van der Waals surface area contributed by atoms with E-state index >= 15 is 0 Å². The summed E-state index contributed by atoms with van der Waals surface area (Å²) in [5.41, 5.74) is 4.19. The van der Waals surface area contributed by atoms with E-state index in [0.29, 0.717) is 6.04 Å². The number of nitrogens with one attached hydrogen (secondary N) is 1. The van der Waals surface area contributed by atoms with Gasteiger partial charge in [0.25, 0.3) is 0 Å². The molecule has 0 spiro atoms. The van der Waals surface area contributed by atoms with Gasteiger partial charge in [-0.3, -0.25) is 9.30 Å². The van der Waals surface area contributed by atoms with Crippen LogP contribution in [0.25, 0.3) is 16.7 Å². The lowest BCUT2D eigenvalue weighted by atomic mass is 10.0. The summed E-state index contributed by atoms with van der Waals surface area (Å²) in [4.78, 5) is 7.38. The van der Waals surface area contributed by atoms with Gasteiger partial charge in [-0.2, -0.15) is 0 Å². The fourth-order valence-corrected chi connectivity index (χ4v) is 4.09. The third kappa shape index (κ3) is 3.20. The van der Waals surface area contributed by atoms with E-state index in [1.54, 1.807) is 0 Å². The van der Waals surface area contributed by atoms with Gasteiger partial charge < -0.3 is 5.32 Å². The zero-order valence-electron chi connectivity index (χ0n) is 16.0. The average molecular weight is 372 g/mol. The number of hydrogen-bond acceptors (Lipinski definition) is 5. The third-order valence-electron chi connectivity index (χ3n) is 5.57. The number of benzene rings is 2. The van der Waals surface area contributed by atoms with Crippen molar-refractivity contribution in [1.82, 2.24) is 24.5 Å². The summed E-state index contributed by atoms with van der Waals surface area (Å²) in [6.07, 6.45) is 2.20. The summed E-state index contributed by atoms with van der Waals surface area (Å²) in [7, 11) is 0. The molecule has 4 aromatic rings. The van der Waals surface area contributed by atoms with Gasteiger partial charge in [0.2, 0.25) is 5.65 Å². The predicted molar refractivity (Wildman–Crippen MR) is 111 cm³/mol. The van der Waals surface area contributed by atoms with E-state index in [0.717, 1.165) is 60.8 Å². The SMILES string of the molecule is Cc1nnc2c(NC3CCN(Cc4ccccc4)CC3)nc3ccccc3n12. The number of rotatable bonds is 4. The first-order valence-electron chi connectivity index (χ1n) is 9.91. The maximum absolute atomic E-state index is 4.85. The van der Waals surface area contributed by atoms with Crippen molar-refractivity contribution in [3.63, 3.8) is 0 Å². The van der Waals surface area contributed by atoms with Crippen LogP contribution in [0.2, 0.25) is 0 Å². The molecule has 142 valence electrons. The molecule has 28 heavy (non-hydrogen) atoms. The fourth-order valence-electron chi connectivity index (χ4n) is 4.09. The number of piperidine rings is 1. The fraction of sp³-hybridized carbons (Fsp3) is 0.318. The van der Waals surface area contributed by atoms with Crippen molar-refractivity contribution in [3.8, 4) is 0 Å². The number of nitrogens with zero attached hydrogens (tertiary/aromatic N) is 5. The minimum absolute atomic E-state index is 0.404. The van der Waals surface area contributed by atoms with E-state index in [2.05, 4.69) is 61.2 Å². The number of aromatic nitrogens is 4. The normalized spacial score (nSPS) is 16.0. The first-order chi connectivity index (χ1) is 13.8. The minimum Gasteiger partial charge on any atom is -0.364 e.